The van der Waals surface area contributed by atoms with Crippen molar-refractivity contribution in [2.45, 2.75) is 13.8 Å². The molecule has 5 nitrogen and oxygen atoms in total. The van der Waals surface area contributed by atoms with E-state index in [0.29, 0.717) is 0 Å². The van der Waals surface area contributed by atoms with Crippen LogP contribution in [0, 0.1) is 13.8 Å². The van der Waals surface area contributed by atoms with Crippen LogP contribution in [0.3, 0.4) is 0 Å². The van der Waals surface area contributed by atoms with Crippen molar-refractivity contribution in [3.63, 3.8) is 0 Å². The molecular formula is C30H23N5. The van der Waals surface area contributed by atoms with Gasteiger partial charge in [-0.15, -0.1) is 0 Å². The fourth-order valence-corrected chi connectivity index (χ4v) is 5.29. The van der Waals surface area contributed by atoms with E-state index in [0.717, 1.165) is 28.2 Å². The first-order valence-electron chi connectivity index (χ1n) is 11.8. The van der Waals surface area contributed by atoms with Crippen LogP contribution in [0.25, 0.3) is 49.9 Å². The summed E-state index contributed by atoms with van der Waals surface area (Å²) in [6.07, 6.45) is 5.64. The maximum absolute atomic E-state index is 4.68. The molecule has 7 rings (SSSR count). The number of nitrogens with zero attached hydrogens (tertiary/aromatic N) is 5. The molecule has 0 N–H and O–H groups in total. The quantitative estimate of drug-likeness (QED) is 0.291. The van der Waals surface area contributed by atoms with Crippen LogP contribution >= 0.6 is 0 Å². The SMILES string of the molecule is Cc1c(C)n(-c2ccc3c4ccccc4n(-c4ccccn4)c3c2)c2cc(-n3cccn3)ccc12. The number of benzene rings is 3. The van der Waals surface area contributed by atoms with Crippen LogP contribution in [-0.4, -0.2) is 23.9 Å². The van der Waals surface area contributed by atoms with Gasteiger partial charge < -0.3 is 4.57 Å². The monoisotopic (exact) mass is 453 g/mol. The van der Waals surface area contributed by atoms with Crippen molar-refractivity contribution >= 4 is 32.7 Å². The van der Waals surface area contributed by atoms with Crippen LogP contribution < -0.4 is 0 Å². The van der Waals surface area contributed by atoms with Gasteiger partial charge in [0.05, 0.1) is 22.2 Å². The van der Waals surface area contributed by atoms with Crippen molar-refractivity contribution in [3.05, 3.63) is 115 Å². The lowest BCUT2D eigenvalue weighted by Gasteiger charge is -2.12. The first-order chi connectivity index (χ1) is 17.2. The molecule has 0 saturated heterocycles. The van der Waals surface area contributed by atoms with Crippen molar-refractivity contribution in [1.29, 1.82) is 0 Å². The van der Waals surface area contributed by atoms with E-state index in [1.54, 1.807) is 0 Å². The second-order valence-corrected chi connectivity index (χ2v) is 8.94. The molecule has 0 spiro atoms. The van der Waals surface area contributed by atoms with Crippen LogP contribution in [0.4, 0.5) is 0 Å². The summed E-state index contributed by atoms with van der Waals surface area (Å²) in [6, 6.07) is 29.9. The molecule has 0 aliphatic heterocycles. The van der Waals surface area contributed by atoms with Gasteiger partial charge in [0.1, 0.15) is 5.82 Å². The lowest BCUT2D eigenvalue weighted by molar-refractivity contribution is 0.881. The molecule has 5 heteroatoms. The van der Waals surface area contributed by atoms with Crippen LogP contribution in [0.2, 0.25) is 0 Å². The lowest BCUT2D eigenvalue weighted by atomic mass is 10.1. The van der Waals surface area contributed by atoms with Gasteiger partial charge in [-0.25, -0.2) is 9.67 Å². The Hall–Kier alpha value is -4.64. The van der Waals surface area contributed by atoms with Gasteiger partial charge in [0.25, 0.3) is 0 Å². The topological polar surface area (TPSA) is 40.6 Å². The summed E-state index contributed by atoms with van der Waals surface area (Å²) in [7, 11) is 0. The highest BCUT2D eigenvalue weighted by Crippen LogP contribution is 2.35. The predicted octanol–water partition coefficient (Wildman–Crippen LogP) is 6.93. The smallest absolute Gasteiger partial charge is 0.137 e. The van der Waals surface area contributed by atoms with E-state index in [9.17, 15) is 0 Å². The maximum Gasteiger partial charge on any atom is 0.137 e. The fraction of sp³-hybridized carbons (Fsp3) is 0.0667. The molecule has 4 heterocycles. The van der Waals surface area contributed by atoms with E-state index in [1.807, 2.05) is 41.5 Å². The number of fused-ring (bicyclic) bond motifs is 4. The van der Waals surface area contributed by atoms with Gasteiger partial charge in [-0.05, 0) is 67.9 Å². The normalized spacial score (nSPS) is 11.7. The summed E-state index contributed by atoms with van der Waals surface area (Å²) in [5.41, 5.74) is 8.17. The Bertz CT molecular complexity index is 1850. The number of pyridine rings is 1. The minimum Gasteiger partial charge on any atom is -0.313 e. The van der Waals surface area contributed by atoms with Gasteiger partial charge in [-0.1, -0.05) is 36.4 Å². The van der Waals surface area contributed by atoms with Gasteiger partial charge in [-0.2, -0.15) is 5.10 Å². The van der Waals surface area contributed by atoms with Crippen molar-refractivity contribution in [1.82, 2.24) is 23.9 Å². The molecule has 35 heavy (non-hydrogen) atoms. The molecular weight excluding hydrogens is 430 g/mol. The second kappa shape index (κ2) is 7.43. The zero-order valence-electron chi connectivity index (χ0n) is 19.6. The summed E-state index contributed by atoms with van der Waals surface area (Å²) in [5.74, 6) is 0.919. The van der Waals surface area contributed by atoms with Gasteiger partial charge in [0.15, 0.2) is 0 Å². The van der Waals surface area contributed by atoms with Gasteiger partial charge in [0.2, 0.25) is 0 Å². The van der Waals surface area contributed by atoms with E-state index in [2.05, 4.69) is 99.8 Å². The number of aryl methyl sites for hydroxylation is 1. The van der Waals surface area contributed by atoms with Gasteiger partial charge in [0, 0.05) is 46.1 Å². The highest BCUT2D eigenvalue weighted by Gasteiger charge is 2.17. The second-order valence-electron chi connectivity index (χ2n) is 8.94. The molecule has 0 atom stereocenters. The van der Waals surface area contributed by atoms with Gasteiger partial charge >= 0.3 is 0 Å². The largest absolute Gasteiger partial charge is 0.313 e. The molecule has 7 aromatic rings. The van der Waals surface area contributed by atoms with Crippen molar-refractivity contribution in [2.75, 3.05) is 0 Å². The average Bonchev–Trinajstić information content (AvgIpc) is 3.60. The third kappa shape index (κ3) is 2.88. The predicted molar refractivity (Wildman–Crippen MR) is 142 cm³/mol. The third-order valence-corrected chi connectivity index (χ3v) is 7.07. The van der Waals surface area contributed by atoms with Crippen LogP contribution in [0.5, 0.6) is 0 Å². The Kier molecular flexibility index (Phi) is 4.20. The van der Waals surface area contributed by atoms with Crippen molar-refractivity contribution in [2.24, 2.45) is 0 Å². The zero-order chi connectivity index (χ0) is 23.5. The van der Waals surface area contributed by atoms with Crippen LogP contribution in [0.1, 0.15) is 11.3 Å². The number of hydrogen-bond acceptors (Lipinski definition) is 2. The molecule has 0 bridgehead atoms. The molecule has 0 saturated carbocycles. The van der Waals surface area contributed by atoms with E-state index in [4.69, 9.17) is 0 Å². The highest BCUT2D eigenvalue weighted by atomic mass is 15.3. The average molecular weight is 454 g/mol. The van der Waals surface area contributed by atoms with E-state index in [-0.39, 0.29) is 0 Å². The molecule has 168 valence electrons. The minimum absolute atomic E-state index is 0.919. The number of rotatable bonds is 3. The zero-order valence-corrected chi connectivity index (χ0v) is 19.6. The molecule has 0 aliphatic rings. The lowest BCUT2D eigenvalue weighted by Crippen LogP contribution is -2.00. The Balaban J connectivity index is 1.54. The Morgan fingerprint density at radius 1 is 0.600 bits per heavy atom. The van der Waals surface area contributed by atoms with E-state index >= 15 is 0 Å². The van der Waals surface area contributed by atoms with Crippen LogP contribution in [-0.2, 0) is 0 Å². The van der Waals surface area contributed by atoms with Gasteiger partial charge in [-0.3, -0.25) is 4.57 Å². The van der Waals surface area contributed by atoms with E-state index in [1.165, 1.54) is 32.9 Å². The third-order valence-electron chi connectivity index (χ3n) is 7.07. The first-order valence-corrected chi connectivity index (χ1v) is 11.8. The van der Waals surface area contributed by atoms with Crippen molar-refractivity contribution in [3.8, 4) is 17.2 Å². The maximum atomic E-state index is 4.68. The highest BCUT2D eigenvalue weighted by molar-refractivity contribution is 6.09. The Morgan fingerprint density at radius 2 is 1.34 bits per heavy atom. The molecule has 0 aliphatic carbocycles. The van der Waals surface area contributed by atoms with E-state index < -0.39 is 0 Å². The number of aromatic nitrogens is 5. The van der Waals surface area contributed by atoms with Crippen molar-refractivity contribution < 1.29 is 0 Å². The first kappa shape index (κ1) is 19.8. The molecule has 0 unspecified atom stereocenters. The molecule has 0 radical (unpaired) electrons. The number of para-hydroxylation sites is 1. The summed E-state index contributed by atoms with van der Waals surface area (Å²) in [5, 5.41) is 8.13. The standard InChI is InChI=1S/C30H23N5/c1-20-21(2)34(28-18-22(11-13-24(20)28)33-17-7-16-32-33)23-12-14-26-25-8-3-4-9-27(25)35(29(26)19-23)30-10-5-6-15-31-30/h3-19H,1-2H3. The molecule has 0 fully saturated rings. The Labute approximate surface area is 202 Å². The molecule has 4 aromatic heterocycles. The molecule has 3 aromatic carbocycles. The number of hydrogen-bond donors (Lipinski definition) is 0. The fourth-order valence-electron chi connectivity index (χ4n) is 5.29. The Morgan fingerprint density at radius 3 is 2.17 bits per heavy atom. The van der Waals surface area contributed by atoms with Crippen LogP contribution in [0.15, 0.2) is 104 Å². The summed E-state index contributed by atoms with van der Waals surface area (Å²) in [4.78, 5) is 4.68. The minimum atomic E-state index is 0.919. The summed E-state index contributed by atoms with van der Waals surface area (Å²) >= 11 is 0. The summed E-state index contributed by atoms with van der Waals surface area (Å²) in [6.45, 7) is 4.40. The summed E-state index contributed by atoms with van der Waals surface area (Å²) < 4.78 is 6.53. The molecule has 0 amide bonds.